The number of carboxylic acid groups (broad SMARTS) is 1. The molecule has 9 nitrogen and oxygen atoms in total. The number of rotatable bonds is 7. The Bertz CT molecular complexity index is 960. The third kappa shape index (κ3) is 6.38. The number of nitrogens with one attached hydrogen (secondary N) is 2. The monoisotopic (exact) mass is 424 g/mol. The van der Waals surface area contributed by atoms with Crippen LogP contribution in [0, 0.1) is 5.92 Å². The van der Waals surface area contributed by atoms with Crippen molar-refractivity contribution in [3.8, 4) is 0 Å². The summed E-state index contributed by atoms with van der Waals surface area (Å²) >= 11 is 0. The number of benzene rings is 2. The van der Waals surface area contributed by atoms with Gasteiger partial charge in [-0.05, 0) is 17.5 Å². The molecule has 1 aliphatic rings. The number of hydrogen-bond donors (Lipinski definition) is 4. The second-order valence-corrected chi connectivity index (χ2v) is 7.18. The number of aliphatic imine (C=N–C) groups is 1. The fourth-order valence-corrected chi connectivity index (χ4v) is 3.14. The molecule has 5 N–H and O–H groups in total. The van der Waals surface area contributed by atoms with E-state index in [1.165, 1.54) is 0 Å². The SMILES string of the molecule is NC(=NC(=O)OCc1ccccc1)c1ccc(CNC(=O)[C@@H]2C[C@@H](C(=O)O)CN2)cc1. The zero-order valence-corrected chi connectivity index (χ0v) is 16.8. The van der Waals surface area contributed by atoms with Crippen molar-refractivity contribution in [1.82, 2.24) is 10.6 Å². The van der Waals surface area contributed by atoms with Crippen molar-refractivity contribution in [2.24, 2.45) is 16.6 Å². The molecule has 2 amide bonds. The zero-order chi connectivity index (χ0) is 22.2. The summed E-state index contributed by atoms with van der Waals surface area (Å²) in [5, 5.41) is 14.7. The van der Waals surface area contributed by atoms with Gasteiger partial charge >= 0.3 is 12.1 Å². The van der Waals surface area contributed by atoms with E-state index in [4.69, 9.17) is 15.6 Å². The lowest BCUT2D eigenvalue weighted by Crippen LogP contribution is -2.40. The first-order chi connectivity index (χ1) is 14.9. The summed E-state index contributed by atoms with van der Waals surface area (Å²) in [6.07, 6.45) is -0.505. The van der Waals surface area contributed by atoms with Crippen LogP contribution < -0.4 is 16.4 Å². The topological polar surface area (TPSA) is 143 Å². The molecular weight excluding hydrogens is 400 g/mol. The summed E-state index contributed by atoms with van der Waals surface area (Å²) < 4.78 is 5.08. The van der Waals surface area contributed by atoms with Gasteiger partial charge in [-0.1, -0.05) is 54.6 Å². The Kier molecular flexibility index (Phi) is 7.34. The van der Waals surface area contributed by atoms with Gasteiger partial charge < -0.3 is 26.2 Å². The van der Waals surface area contributed by atoms with Crippen molar-refractivity contribution in [2.45, 2.75) is 25.6 Å². The van der Waals surface area contributed by atoms with Crippen molar-refractivity contribution in [3.05, 3.63) is 71.3 Å². The molecule has 0 aromatic heterocycles. The number of amidine groups is 1. The maximum atomic E-state index is 12.2. The minimum absolute atomic E-state index is 0.0310. The summed E-state index contributed by atoms with van der Waals surface area (Å²) in [4.78, 5) is 38.8. The van der Waals surface area contributed by atoms with Gasteiger partial charge in [-0.15, -0.1) is 0 Å². The van der Waals surface area contributed by atoms with Crippen LogP contribution in [-0.4, -0.2) is 41.5 Å². The van der Waals surface area contributed by atoms with Crippen LogP contribution in [0.15, 0.2) is 59.6 Å². The highest BCUT2D eigenvalue weighted by atomic mass is 16.5. The van der Waals surface area contributed by atoms with Gasteiger partial charge in [-0.3, -0.25) is 9.59 Å². The number of aliphatic carboxylic acids is 1. The Labute approximate surface area is 179 Å². The second kappa shape index (κ2) is 10.4. The number of nitrogens with zero attached hydrogens (tertiary/aromatic N) is 1. The number of amides is 2. The van der Waals surface area contributed by atoms with E-state index in [0.29, 0.717) is 5.56 Å². The van der Waals surface area contributed by atoms with Gasteiger partial charge in [0.2, 0.25) is 5.91 Å². The van der Waals surface area contributed by atoms with Crippen molar-refractivity contribution < 1.29 is 24.2 Å². The molecule has 0 radical (unpaired) electrons. The van der Waals surface area contributed by atoms with Gasteiger partial charge in [0.15, 0.2) is 0 Å². The zero-order valence-electron chi connectivity index (χ0n) is 16.8. The summed E-state index contributed by atoms with van der Waals surface area (Å²) in [7, 11) is 0. The van der Waals surface area contributed by atoms with E-state index >= 15 is 0 Å². The van der Waals surface area contributed by atoms with E-state index in [-0.39, 0.29) is 37.9 Å². The lowest BCUT2D eigenvalue weighted by Gasteiger charge is -2.11. The summed E-state index contributed by atoms with van der Waals surface area (Å²) in [5.74, 6) is -1.66. The lowest BCUT2D eigenvalue weighted by molar-refractivity contribution is -0.141. The van der Waals surface area contributed by atoms with Crippen LogP contribution in [0.25, 0.3) is 0 Å². The number of ether oxygens (including phenoxy) is 1. The summed E-state index contributed by atoms with van der Waals surface area (Å²) in [6, 6.07) is 15.6. The average Bonchev–Trinajstić information content (AvgIpc) is 3.28. The molecule has 2 atom stereocenters. The van der Waals surface area contributed by atoms with Crippen molar-refractivity contribution >= 4 is 23.8 Å². The molecule has 9 heteroatoms. The van der Waals surface area contributed by atoms with Crippen LogP contribution in [0.5, 0.6) is 0 Å². The van der Waals surface area contributed by atoms with Gasteiger partial charge in [0.25, 0.3) is 0 Å². The Hall–Kier alpha value is -3.72. The molecule has 2 aromatic carbocycles. The summed E-state index contributed by atoms with van der Waals surface area (Å²) in [6.45, 7) is 0.678. The number of carboxylic acids is 1. The molecule has 1 fully saturated rings. The van der Waals surface area contributed by atoms with Gasteiger partial charge in [-0.2, -0.15) is 4.99 Å². The van der Waals surface area contributed by atoms with Crippen LogP contribution in [0.1, 0.15) is 23.1 Å². The quantitative estimate of drug-likeness (QED) is 0.389. The molecule has 3 rings (SSSR count). The Balaban J connectivity index is 1.47. The van der Waals surface area contributed by atoms with Gasteiger partial charge in [0.1, 0.15) is 12.4 Å². The molecule has 1 saturated heterocycles. The number of carbonyl (C=O) groups is 3. The molecule has 0 bridgehead atoms. The van der Waals surface area contributed by atoms with Crippen LogP contribution >= 0.6 is 0 Å². The molecule has 0 saturated carbocycles. The predicted octanol–water partition coefficient (Wildman–Crippen LogP) is 1.41. The van der Waals surface area contributed by atoms with Crippen LogP contribution in [0.2, 0.25) is 0 Å². The number of carbonyl (C=O) groups excluding carboxylic acids is 2. The highest BCUT2D eigenvalue weighted by Gasteiger charge is 2.33. The second-order valence-electron chi connectivity index (χ2n) is 7.18. The van der Waals surface area contributed by atoms with E-state index in [9.17, 15) is 14.4 Å². The van der Waals surface area contributed by atoms with Gasteiger partial charge in [0, 0.05) is 18.7 Å². The fourth-order valence-electron chi connectivity index (χ4n) is 3.14. The molecule has 162 valence electrons. The molecule has 1 aliphatic heterocycles. The minimum atomic E-state index is -0.901. The molecule has 0 unspecified atom stereocenters. The van der Waals surface area contributed by atoms with Crippen LogP contribution in [0.4, 0.5) is 4.79 Å². The van der Waals surface area contributed by atoms with E-state index in [0.717, 1.165) is 11.1 Å². The van der Waals surface area contributed by atoms with E-state index < -0.39 is 24.0 Å². The van der Waals surface area contributed by atoms with Crippen molar-refractivity contribution in [2.75, 3.05) is 6.54 Å². The first-order valence-corrected chi connectivity index (χ1v) is 9.80. The highest BCUT2D eigenvalue weighted by molar-refractivity contribution is 6.02. The van der Waals surface area contributed by atoms with Crippen LogP contribution in [-0.2, 0) is 27.5 Å². The third-order valence-corrected chi connectivity index (χ3v) is 4.93. The van der Waals surface area contributed by atoms with Crippen molar-refractivity contribution in [1.29, 1.82) is 0 Å². The highest BCUT2D eigenvalue weighted by Crippen LogP contribution is 2.14. The Morgan fingerprint density at radius 3 is 2.45 bits per heavy atom. The van der Waals surface area contributed by atoms with E-state index in [2.05, 4.69) is 15.6 Å². The first-order valence-electron chi connectivity index (χ1n) is 9.80. The summed E-state index contributed by atoms with van der Waals surface area (Å²) in [5.41, 5.74) is 8.10. The number of nitrogens with two attached hydrogens (primary N) is 1. The molecule has 31 heavy (non-hydrogen) atoms. The normalized spacial score (nSPS) is 18.4. The first kappa shape index (κ1) is 22.0. The molecule has 0 aliphatic carbocycles. The molecular formula is C22H24N4O5. The minimum Gasteiger partial charge on any atom is -0.481 e. The van der Waals surface area contributed by atoms with Crippen molar-refractivity contribution in [3.63, 3.8) is 0 Å². The average molecular weight is 424 g/mol. The van der Waals surface area contributed by atoms with Gasteiger partial charge in [0.05, 0.1) is 12.0 Å². The molecule has 0 spiro atoms. The largest absolute Gasteiger partial charge is 0.481 e. The van der Waals surface area contributed by atoms with Crippen LogP contribution in [0.3, 0.4) is 0 Å². The molecule has 1 heterocycles. The van der Waals surface area contributed by atoms with Gasteiger partial charge in [-0.25, -0.2) is 4.79 Å². The third-order valence-electron chi connectivity index (χ3n) is 4.93. The smallest absolute Gasteiger partial charge is 0.435 e. The fraction of sp³-hybridized carbons (Fsp3) is 0.273. The predicted molar refractivity (Wildman–Crippen MR) is 113 cm³/mol. The Morgan fingerprint density at radius 2 is 1.81 bits per heavy atom. The Morgan fingerprint density at radius 1 is 1.10 bits per heavy atom. The van der Waals surface area contributed by atoms with E-state index in [1.807, 2.05) is 30.3 Å². The maximum Gasteiger partial charge on any atom is 0.435 e. The molecule has 2 aromatic rings. The lowest BCUT2D eigenvalue weighted by atomic mass is 10.1. The van der Waals surface area contributed by atoms with E-state index in [1.54, 1.807) is 24.3 Å². The number of hydrogen-bond acceptors (Lipinski definition) is 5. The maximum absolute atomic E-state index is 12.2. The standard InChI is InChI=1S/C22H24N4O5/c23-19(26-22(30)31-13-15-4-2-1-3-5-15)16-8-6-14(7-9-16)11-25-20(27)18-10-17(12-24-18)21(28)29/h1-9,17-18,24H,10-13H2,(H,25,27)(H,28,29)(H2,23,26,30)/t17-,18+/m1/s1.